The van der Waals surface area contributed by atoms with Gasteiger partial charge in [0.1, 0.15) is 11.9 Å². The molecule has 1 aliphatic heterocycles. The average Bonchev–Trinajstić information content (AvgIpc) is 2.97. The number of nitrogens with zero attached hydrogens (tertiary/aromatic N) is 1. The zero-order chi connectivity index (χ0) is 17.0. The van der Waals surface area contributed by atoms with Gasteiger partial charge in [-0.05, 0) is 43.0 Å². The van der Waals surface area contributed by atoms with Gasteiger partial charge in [0.25, 0.3) is 5.91 Å². The molecule has 8 heteroatoms. The van der Waals surface area contributed by atoms with Crippen molar-refractivity contribution in [3.63, 3.8) is 0 Å². The Morgan fingerprint density at radius 3 is 2.65 bits per heavy atom. The van der Waals surface area contributed by atoms with Crippen LogP contribution >= 0.6 is 0 Å². The molecule has 6 nitrogen and oxygen atoms in total. The fraction of sp³-hybridized carbons (Fsp3) is 0.533. The molecule has 0 aromatic heterocycles. The fourth-order valence-electron chi connectivity index (χ4n) is 2.38. The van der Waals surface area contributed by atoms with E-state index in [1.165, 1.54) is 12.1 Å². The van der Waals surface area contributed by atoms with Crippen LogP contribution in [0.4, 0.5) is 4.39 Å². The van der Waals surface area contributed by atoms with E-state index in [9.17, 15) is 17.6 Å². The predicted octanol–water partition coefficient (Wildman–Crippen LogP) is 1.68. The molecule has 23 heavy (non-hydrogen) atoms. The van der Waals surface area contributed by atoms with E-state index in [1.807, 2.05) is 13.8 Å². The molecule has 0 aliphatic carbocycles. The molecule has 0 saturated carbocycles. The van der Waals surface area contributed by atoms with Gasteiger partial charge in [0.2, 0.25) is 10.0 Å². The lowest BCUT2D eigenvalue weighted by molar-refractivity contribution is -0.137. The van der Waals surface area contributed by atoms with Gasteiger partial charge in [0.05, 0.1) is 11.5 Å². The van der Waals surface area contributed by atoms with E-state index in [1.54, 1.807) is 0 Å². The minimum atomic E-state index is -3.84. The molecule has 0 bridgehead atoms. The van der Waals surface area contributed by atoms with Gasteiger partial charge in [-0.1, -0.05) is 13.8 Å². The van der Waals surface area contributed by atoms with Crippen molar-refractivity contribution in [3.05, 3.63) is 30.1 Å². The van der Waals surface area contributed by atoms with Crippen LogP contribution in [0.25, 0.3) is 0 Å². The normalized spacial score (nSPS) is 19.2. The van der Waals surface area contributed by atoms with Crippen LogP contribution in [0, 0.1) is 11.7 Å². The zero-order valence-electron chi connectivity index (χ0n) is 13.2. The molecule has 0 unspecified atom stereocenters. The lowest BCUT2D eigenvalue weighted by atomic mass is 10.2. The number of hydrogen-bond donors (Lipinski definition) is 1. The highest BCUT2D eigenvalue weighted by atomic mass is 32.2. The SMILES string of the molecule is CC(C)CONC(=O)[C@H]1CCCN1S(=O)(=O)c1ccc(F)cc1. The smallest absolute Gasteiger partial charge is 0.261 e. The van der Waals surface area contributed by atoms with Crippen LogP contribution in [-0.4, -0.2) is 37.8 Å². The third-order valence-corrected chi connectivity index (χ3v) is 5.44. The van der Waals surface area contributed by atoms with E-state index in [4.69, 9.17) is 4.84 Å². The monoisotopic (exact) mass is 344 g/mol. The van der Waals surface area contributed by atoms with Crippen molar-refractivity contribution in [2.75, 3.05) is 13.2 Å². The molecule has 0 radical (unpaired) electrons. The van der Waals surface area contributed by atoms with Crippen LogP contribution < -0.4 is 5.48 Å². The van der Waals surface area contributed by atoms with E-state index >= 15 is 0 Å². The second-order valence-electron chi connectivity index (χ2n) is 5.90. The van der Waals surface area contributed by atoms with Gasteiger partial charge >= 0.3 is 0 Å². The maximum absolute atomic E-state index is 13.0. The molecule has 0 spiro atoms. The Bertz CT molecular complexity index is 646. The van der Waals surface area contributed by atoms with Crippen LogP contribution in [0.15, 0.2) is 29.2 Å². The van der Waals surface area contributed by atoms with Gasteiger partial charge < -0.3 is 0 Å². The number of amides is 1. The van der Waals surface area contributed by atoms with E-state index in [2.05, 4.69) is 5.48 Å². The third kappa shape index (κ3) is 4.27. The summed E-state index contributed by atoms with van der Waals surface area (Å²) < 4.78 is 39.4. The molecule has 1 atom stereocenters. The van der Waals surface area contributed by atoms with Crippen molar-refractivity contribution < 1.29 is 22.4 Å². The lowest BCUT2D eigenvalue weighted by Gasteiger charge is -2.23. The Morgan fingerprint density at radius 2 is 2.04 bits per heavy atom. The van der Waals surface area contributed by atoms with Gasteiger partial charge in [0, 0.05) is 6.54 Å². The van der Waals surface area contributed by atoms with E-state index < -0.39 is 27.8 Å². The standard InChI is InChI=1S/C15H21FN2O4S/c1-11(2)10-22-17-15(19)14-4-3-9-18(14)23(20,21)13-7-5-12(16)6-8-13/h5-8,11,14H,3-4,9-10H2,1-2H3,(H,17,19)/t14-/m1/s1. The summed E-state index contributed by atoms with van der Waals surface area (Å²) in [5.74, 6) is -0.742. The van der Waals surface area contributed by atoms with Crippen molar-refractivity contribution in [3.8, 4) is 0 Å². The first-order valence-corrected chi connectivity index (χ1v) is 8.95. The summed E-state index contributed by atoms with van der Waals surface area (Å²) in [5, 5.41) is 0. The highest BCUT2D eigenvalue weighted by Gasteiger charge is 2.39. The summed E-state index contributed by atoms with van der Waals surface area (Å²) in [6.07, 6.45) is 1.01. The summed E-state index contributed by atoms with van der Waals surface area (Å²) in [5.41, 5.74) is 2.31. The molecule has 1 aliphatic rings. The second kappa shape index (κ2) is 7.37. The lowest BCUT2D eigenvalue weighted by Crippen LogP contribution is -2.46. The number of nitrogens with one attached hydrogen (secondary N) is 1. The van der Waals surface area contributed by atoms with E-state index in [0.29, 0.717) is 19.4 Å². The molecule has 1 fully saturated rings. The van der Waals surface area contributed by atoms with Gasteiger partial charge in [-0.2, -0.15) is 4.31 Å². The molecular weight excluding hydrogens is 323 g/mol. The molecule has 1 N–H and O–H groups in total. The maximum Gasteiger partial charge on any atom is 0.261 e. The number of rotatable bonds is 6. The van der Waals surface area contributed by atoms with Crippen LogP contribution in [0.5, 0.6) is 0 Å². The summed E-state index contributed by atoms with van der Waals surface area (Å²) in [7, 11) is -3.84. The Balaban J connectivity index is 2.11. The van der Waals surface area contributed by atoms with Crippen molar-refractivity contribution in [1.29, 1.82) is 0 Å². The number of carbonyl (C=O) groups excluding carboxylic acids is 1. The van der Waals surface area contributed by atoms with Crippen LogP contribution in [-0.2, 0) is 19.7 Å². The third-order valence-electron chi connectivity index (χ3n) is 3.52. The van der Waals surface area contributed by atoms with Crippen molar-refractivity contribution in [2.45, 2.75) is 37.6 Å². The van der Waals surface area contributed by atoms with Crippen molar-refractivity contribution in [2.24, 2.45) is 5.92 Å². The second-order valence-corrected chi connectivity index (χ2v) is 7.79. The zero-order valence-corrected chi connectivity index (χ0v) is 14.0. The molecule has 128 valence electrons. The topological polar surface area (TPSA) is 75.7 Å². The van der Waals surface area contributed by atoms with Crippen LogP contribution in [0.1, 0.15) is 26.7 Å². The molecule has 1 heterocycles. The van der Waals surface area contributed by atoms with Crippen molar-refractivity contribution in [1.82, 2.24) is 9.79 Å². The molecule has 1 amide bonds. The van der Waals surface area contributed by atoms with Gasteiger partial charge in [-0.25, -0.2) is 18.3 Å². The Morgan fingerprint density at radius 1 is 1.39 bits per heavy atom. The number of carbonyl (C=O) groups is 1. The Kier molecular flexibility index (Phi) is 5.72. The van der Waals surface area contributed by atoms with Gasteiger partial charge in [0.15, 0.2) is 0 Å². The largest absolute Gasteiger partial charge is 0.273 e. The predicted molar refractivity (Wildman–Crippen MR) is 82.2 cm³/mol. The minimum Gasteiger partial charge on any atom is -0.273 e. The minimum absolute atomic E-state index is 0.0262. The van der Waals surface area contributed by atoms with E-state index in [0.717, 1.165) is 16.4 Å². The fourth-order valence-corrected chi connectivity index (χ4v) is 4.04. The van der Waals surface area contributed by atoms with Crippen LogP contribution in [0.3, 0.4) is 0 Å². The Hall–Kier alpha value is -1.51. The summed E-state index contributed by atoms with van der Waals surface area (Å²) in [4.78, 5) is 17.2. The number of hydroxylamine groups is 1. The summed E-state index contributed by atoms with van der Waals surface area (Å²) in [6.45, 7) is 4.48. The number of hydrogen-bond acceptors (Lipinski definition) is 4. The van der Waals surface area contributed by atoms with Crippen LogP contribution in [0.2, 0.25) is 0 Å². The number of sulfonamides is 1. The van der Waals surface area contributed by atoms with Gasteiger partial charge in [-0.15, -0.1) is 0 Å². The summed E-state index contributed by atoms with van der Waals surface area (Å²) >= 11 is 0. The molecule has 1 aromatic carbocycles. The molecule has 1 aromatic rings. The number of benzene rings is 1. The Labute approximate surface area is 135 Å². The van der Waals surface area contributed by atoms with E-state index in [-0.39, 0.29) is 17.4 Å². The van der Waals surface area contributed by atoms with Gasteiger partial charge in [-0.3, -0.25) is 9.63 Å². The first-order valence-electron chi connectivity index (χ1n) is 7.51. The molecular formula is C15H21FN2O4S. The first kappa shape index (κ1) is 17.8. The molecule has 2 rings (SSSR count). The number of halogens is 1. The highest BCUT2D eigenvalue weighted by Crippen LogP contribution is 2.26. The first-order chi connectivity index (χ1) is 10.8. The molecule has 1 saturated heterocycles. The average molecular weight is 344 g/mol. The maximum atomic E-state index is 13.0. The highest BCUT2D eigenvalue weighted by molar-refractivity contribution is 7.89. The summed E-state index contributed by atoms with van der Waals surface area (Å²) in [6, 6.07) is 3.77. The van der Waals surface area contributed by atoms with Crippen molar-refractivity contribution >= 4 is 15.9 Å². The quantitative estimate of drug-likeness (QED) is 0.797.